The van der Waals surface area contributed by atoms with Crippen molar-refractivity contribution in [2.45, 2.75) is 19.8 Å². The number of phenols is 1. The molecule has 122 valence electrons. The fourth-order valence-electron chi connectivity index (χ4n) is 1.99. The Morgan fingerprint density at radius 1 is 0.913 bits per heavy atom. The number of halogens is 5. The highest BCUT2D eigenvalue weighted by molar-refractivity contribution is 5.83. The van der Waals surface area contributed by atoms with E-state index in [9.17, 15) is 27.1 Å². The topological polar surface area (TPSA) is 32.6 Å². The molecule has 0 amide bonds. The zero-order valence-electron chi connectivity index (χ0n) is 12.2. The molecule has 0 saturated carbocycles. The number of hydrogen-bond acceptors (Lipinski definition) is 2. The molecule has 0 radical (unpaired) electrons. The third-order valence-electron chi connectivity index (χ3n) is 3.24. The third kappa shape index (κ3) is 3.04. The van der Waals surface area contributed by atoms with Crippen molar-refractivity contribution in [2.75, 3.05) is 0 Å². The number of benzene rings is 2. The molecule has 0 bridgehead atoms. The van der Waals surface area contributed by atoms with Crippen molar-refractivity contribution in [1.82, 2.24) is 0 Å². The van der Waals surface area contributed by atoms with Gasteiger partial charge in [0.1, 0.15) is 11.4 Å². The van der Waals surface area contributed by atoms with E-state index in [2.05, 4.69) is 4.99 Å². The van der Waals surface area contributed by atoms with Crippen LogP contribution in [0.4, 0.5) is 27.6 Å². The second-order valence-corrected chi connectivity index (χ2v) is 5.11. The lowest BCUT2D eigenvalue weighted by atomic mass is 10.0. The number of phenolic OH excluding ortho intramolecular Hbond substituents is 1. The molecular weight excluding hydrogens is 317 g/mol. The largest absolute Gasteiger partial charge is 0.505 e. The first-order valence-corrected chi connectivity index (χ1v) is 6.63. The van der Waals surface area contributed by atoms with Gasteiger partial charge in [0.15, 0.2) is 23.3 Å². The summed E-state index contributed by atoms with van der Waals surface area (Å²) in [6.07, 6.45) is 0.495. The van der Waals surface area contributed by atoms with E-state index >= 15 is 0 Å². The highest BCUT2D eigenvalue weighted by Gasteiger charge is 2.24. The van der Waals surface area contributed by atoms with Crippen molar-refractivity contribution in [3.8, 4) is 5.75 Å². The standard InChI is InChI=1S/C16H12F5NO/c1-7(2)8-4-3-5-10(16(8)23)22-6-9-11(17)13(19)15(21)14(20)12(9)18/h3-7,23H,1-2H3. The van der Waals surface area contributed by atoms with Crippen LogP contribution in [0.3, 0.4) is 0 Å². The molecule has 0 aliphatic heterocycles. The Labute approximate surface area is 128 Å². The Morgan fingerprint density at radius 3 is 1.96 bits per heavy atom. The predicted molar refractivity (Wildman–Crippen MR) is 75.7 cm³/mol. The van der Waals surface area contributed by atoms with Crippen LogP contribution >= 0.6 is 0 Å². The number of para-hydroxylation sites is 1. The first-order chi connectivity index (χ1) is 10.8. The van der Waals surface area contributed by atoms with Crippen molar-refractivity contribution < 1.29 is 27.1 Å². The van der Waals surface area contributed by atoms with Gasteiger partial charge in [-0.05, 0) is 17.5 Å². The van der Waals surface area contributed by atoms with Crippen LogP contribution in [0, 0.1) is 29.1 Å². The molecule has 0 unspecified atom stereocenters. The van der Waals surface area contributed by atoms with Gasteiger partial charge in [-0.25, -0.2) is 22.0 Å². The molecule has 2 rings (SSSR count). The summed E-state index contributed by atoms with van der Waals surface area (Å²) in [5, 5.41) is 10.0. The first-order valence-electron chi connectivity index (χ1n) is 6.63. The second kappa shape index (κ2) is 6.36. The van der Waals surface area contributed by atoms with Crippen LogP contribution in [0.25, 0.3) is 0 Å². The summed E-state index contributed by atoms with van der Waals surface area (Å²) in [7, 11) is 0. The molecule has 0 spiro atoms. The maximum atomic E-state index is 13.5. The number of rotatable bonds is 3. The maximum absolute atomic E-state index is 13.5. The molecule has 1 N–H and O–H groups in total. The van der Waals surface area contributed by atoms with Crippen molar-refractivity contribution in [3.63, 3.8) is 0 Å². The average Bonchev–Trinajstić information content (AvgIpc) is 2.52. The van der Waals surface area contributed by atoms with E-state index in [1.54, 1.807) is 12.1 Å². The van der Waals surface area contributed by atoms with Crippen LogP contribution in [-0.4, -0.2) is 11.3 Å². The molecule has 2 aromatic carbocycles. The third-order valence-corrected chi connectivity index (χ3v) is 3.24. The fourth-order valence-corrected chi connectivity index (χ4v) is 1.99. The van der Waals surface area contributed by atoms with Crippen molar-refractivity contribution in [3.05, 3.63) is 58.4 Å². The molecule has 0 aromatic heterocycles. The van der Waals surface area contributed by atoms with Gasteiger partial charge in [-0.3, -0.25) is 4.99 Å². The lowest BCUT2D eigenvalue weighted by Crippen LogP contribution is -2.06. The highest BCUT2D eigenvalue weighted by atomic mass is 19.2. The Balaban J connectivity index is 2.53. The minimum Gasteiger partial charge on any atom is -0.505 e. The summed E-state index contributed by atoms with van der Waals surface area (Å²) in [5.74, 6) is -10.6. The molecule has 0 saturated heterocycles. The molecule has 0 fully saturated rings. The van der Waals surface area contributed by atoms with E-state index in [-0.39, 0.29) is 17.4 Å². The summed E-state index contributed by atoms with van der Waals surface area (Å²) in [6, 6.07) is 4.54. The zero-order chi connectivity index (χ0) is 17.3. The van der Waals surface area contributed by atoms with E-state index in [1.165, 1.54) is 6.07 Å². The van der Waals surface area contributed by atoms with Crippen LogP contribution in [0.1, 0.15) is 30.9 Å². The quantitative estimate of drug-likeness (QED) is 0.367. The van der Waals surface area contributed by atoms with Crippen LogP contribution in [0.2, 0.25) is 0 Å². The maximum Gasteiger partial charge on any atom is 0.200 e. The molecular formula is C16H12F5NO. The monoisotopic (exact) mass is 329 g/mol. The summed E-state index contributed by atoms with van der Waals surface area (Å²) in [6.45, 7) is 3.62. The second-order valence-electron chi connectivity index (χ2n) is 5.11. The minimum atomic E-state index is -2.23. The Kier molecular flexibility index (Phi) is 4.68. The van der Waals surface area contributed by atoms with Gasteiger partial charge in [-0.2, -0.15) is 0 Å². The highest BCUT2D eigenvalue weighted by Crippen LogP contribution is 2.34. The number of nitrogens with zero attached hydrogens (tertiary/aromatic N) is 1. The lowest BCUT2D eigenvalue weighted by molar-refractivity contribution is 0.377. The first kappa shape index (κ1) is 16.9. The zero-order valence-corrected chi connectivity index (χ0v) is 12.2. The molecule has 0 aliphatic carbocycles. The van der Waals surface area contributed by atoms with E-state index in [1.807, 2.05) is 13.8 Å². The van der Waals surface area contributed by atoms with Crippen molar-refractivity contribution >= 4 is 11.9 Å². The van der Waals surface area contributed by atoms with E-state index in [4.69, 9.17) is 0 Å². The molecule has 2 nitrogen and oxygen atoms in total. The van der Waals surface area contributed by atoms with Gasteiger partial charge >= 0.3 is 0 Å². The summed E-state index contributed by atoms with van der Waals surface area (Å²) >= 11 is 0. The van der Waals surface area contributed by atoms with Crippen LogP contribution in [-0.2, 0) is 0 Å². The predicted octanol–water partition coefficient (Wildman–Crippen LogP) is 4.96. The number of aliphatic imine (C=N–C) groups is 1. The van der Waals surface area contributed by atoms with Gasteiger partial charge in [0.2, 0.25) is 5.82 Å². The Hall–Kier alpha value is -2.44. The van der Waals surface area contributed by atoms with Crippen LogP contribution in [0.15, 0.2) is 23.2 Å². The SMILES string of the molecule is CC(C)c1cccc(N=Cc2c(F)c(F)c(F)c(F)c2F)c1O. The number of aromatic hydroxyl groups is 1. The van der Waals surface area contributed by atoms with Gasteiger partial charge < -0.3 is 5.11 Å². The lowest BCUT2D eigenvalue weighted by Gasteiger charge is -2.09. The molecule has 7 heteroatoms. The van der Waals surface area contributed by atoms with Crippen molar-refractivity contribution in [1.29, 1.82) is 0 Å². The van der Waals surface area contributed by atoms with Gasteiger partial charge in [0.05, 0.1) is 5.56 Å². The van der Waals surface area contributed by atoms with E-state index in [0.29, 0.717) is 11.8 Å². The summed E-state index contributed by atoms with van der Waals surface area (Å²) in [5.41, 5.74) is -0.673. The summed E-state index contributed by atoms with van der Waals surface area (Å²) in [4.78, 5) is 3.64. The smallest absolute Gasteiger partial charge is 0.200 e. The Morgan fingerprint density at radius 2 is 1.43 bits per heavy atom. The van der Waals surface area contributed by atoms with Crippen LogP contribution < -0.4 is 0 Å². The molecule has 0 heterocycles. The fraction of sp³-hybridized carbons (Fsp3) is 0.188. The Bertz CT molecular complexity index is 758. The average molecular weight is 329 g/mol. The van der Waals surface area contributed by atoms with Gasteiger partial charge in [0, 0.05) is 6.21 Å². The van der Waals surface area contributed by atoms with Gasteiger partial charge in [-0.1, -0.05) is 26.0 Å². The van der Waals surface area contributed by atoms with E-state index in [0.717, 1.165) is 0 Å². The number of hydrogen-bond donors (Lipinski definition) is 1. The van der Waals surface area contributed by atoms with Crippen LogP contribution in [0.5, 0.6) is 5.75 Å². The minimum absolute atomic E-state index is 0.0415. The molecule has 2 aromatic rings. The molecule has 0 aliphatic rings. The van der Waals surface area contributed by atoms with E-state index < -0.39 is 34.6 Å². The van der Waals surface area contributed by atoms with Gasteiger partial charge in [0.25, 0.3) is 0 Å². The molecule has 0 atom stereocenters. The van der Waals surface area contributed by atoms with Crippen molar-refractivity contribution in [2.24, 2.45) is 4.99 Å². The normalized spacial score (nSPS) is 11.7. The molecule has 23 heavy (non-hydrogen) atoms. The summed E-state index contributed by atoms with van der Waals surface area (Å²) < 4.78 is 66.2. The van der Waals surface area contributed by atoms with Gasteiger partial charge in [-0.15, -0.1) is 0 Å².